The molecule has 2 heterocycles. The van der Waals surface area contributed by atoms with E-state index in [-0.39, 0.29) is 18.6 Å². The predicted octanol–water partition coefficient (Wildman–Crippen LogP) is 2.95. The highest BCUT2D eigenvalue weighted by molar-refractivity contribution is 5.50. The molecule has 0 bridgehead atoms. The molecule has 150 valence electrons. The van der Waals surface area contributed by atoms with E-state index in [2.05, 4.69) is 30.9 Å². The summed E-state index contributed by atoms with van der Waals surface area (Å²) in [7, 11) is 3.32. The molecular weight excluding hydrogens is 342 g/mol. The summed E-state index contributed by atoms with van der Waals surface area (Å²) < 4.78 is 11.0. The van der Waals surface area contributed by atoms with Crippen molar-refractivity contribution in [2.45, 2.75) is 44.8 Å². The van der Waals surface area contributed by atoms with E-state index in [0.29, 0.717) is 12.3 Å². The quantitative estimate of drug-likeness (QED) is 0.749. The minimum atomic E-state index is -0.907. The Kier molecular flexibility index (Phi) is 6.14. The van der Waals surface area contributed by atoms with Gasteiger partial charge in [0.05, 0.1) is 26.4 Å². The lowest BCUT2D eigenvalue weighted by Crippen LogP contribution is -2.54. The van der Waals surface area contributed by atoms with Crippen LogP contribution in [0.4, 0.5) is 0 Å². The molecule has 27 heavy (non-hydrogen) atoms. The zero-order valence-electron chi connectivity index (χ0n) is 16.9. The normalized spacial score (nSPS) is 28.3. The van der Waals surface area contributed by atoms with Crippen molar-refractivity contribution in [3.8, 4) is 11.5 Å². The minimum Gasteiger partial charge on any atom is -0.493 e. The van der Waals surface area contributed by atoms with Gasteiger partial charge in [0.1, 0.15) is 0 Å². The van der Waals surface area contributed by atoms with Crippen molar-refractivity contribution in [2.75, 3.05) is 33.9 Å². The van der Waals surface area contributed by atoms with Gasteiger partial charge in [0.2, 0.25) is 0 Å². The van der Waals surface area contributed by atoms with Crippen LogP contribution < -0.4 is 9.47 Å². The molecule has 2 unspecified atom stereocenters. The number of aliphatic hydroxyl groups excluding tert-OH is 1. The third-order valence-electron chi connectivity index (χ3n) is 6.06. The van der Waals surface area contributed by atoms with Gasteiger partial charge in [-0.25, -0.2) is 0 Å². The maximum Gasteiger partial charge on any atom is 0.161 e. The summed E-state index contributed by atoms with van der Waals surface area (Å²) in [6.45, 7) is 6.20. The molecule has 1 aromatic rings. The number of hydrogen-bond acceptors (Lipinski definition) is 5. The Hall–Kier alpha value is -1.56. The summed E-state index contributed by atoms with van der Waals surface area (Å²) >= 11 is 0. The molecule has 3 atom stereocenters. The fourth-order valence-electron chi connectivity index (χ4n) is 4.76. The maximum atomic E-state index is 11.5. The van der Waals surface area contributed by atoms with Gasteiger partial charge >= 0.3 is 0 Å². The van der Waals surface area contributed by atoms with Crippen LogP contribution in [-0.2, 0) is 6.42 Å². The zero-order chi connectivity index (χ0) is 19.6. The first-order valence-electron chi connectivity index (χ1n) is 9.91. The molecule has 0 saturated carbocycles. The van der Waals surface area contributed by atoms with E-state index in [4.69, 9.17) is 9.47 Å². The van der Waals surface area contributed by atoms with Crippen LogP contribution in [0.1, 0.15) is 43.9 Å². The van der Waals surface area contributed by atoms with Crippen molar-refractivity contribution < 1.29 is 19.7 Å². The summed E-state index contributed by atoms with van der Waals surface area (Å²) in [5, 5.41) is 20.8. The van der Waals surface area contributed by atoms with Gasteiger partial charge in [0, 0.05) is 25.0 Å². The average molecular weight is 376 g/mol. The second-order valence-corrected chi connectivity index (χ2v) is 8.27. The van der Waals surface area contributed by atoms with Crippen LogP contribution >= 0.6 is 0 Å². The van der Waals surface area contributed by atoms with E-state index >= 15 is 0 Å². The van der Waals surface area contributed by atoms with Crippen molar-refractivity contribution >= 4 is 0 Å². The summed E-state index contributed by atoms with van der Waals surface area (Å²) in [4.78, 5) is 2.50. The van der Waals surface area contributed by atoms with Crippen LogP contribution in [0.5, 0.6) is 11.5 Å². The van der Waals surface area contributed by atoms with Crippen molar-refractivity contribution in [1.29, 1.82) is 0 Å². The van der Waals surface area contributed by atoms with Gasteiger partial charge in [0.15, 0.2) is 11.5 Å². The topological polar surface area (TPSA) is 62.2 Å². The molecule has 5 heteroatoms. The first-order valence-corrected chi connectivity index (χ1v) is 9.91. The van der Waals surface area contributed by atoms with Crippen LogP contribution in [0.15, 0.2) is 24.3 Å². The number of benzene rings is 1. The molecule has 5 nitrogen and oxygen atoms in total. The summed E-state index contributed by atoms with van der Waals surface area (Å²) in [5.74, 6) is 2.17. The lowest BCUT2D eigenvalue weighted by atomic mass is 9.71. The second-order valence-electron chi connectivity index (χ2n) is 8.27. The highest BCUT2D eigenvalue weighted by atomic mass is 16.5. The van der Waals surface area contributed by atoms with Gasteiger partial charge in [-0.05, 0) is 48.4 Å². The summed E-state index contributed by atoms with van der Waals surface area (Å²) in [6.07, 6.45) is 6.08. The van der Waals surface area contributed by atoms with Crippen LogP contribution in [0.25, 0.3) is 0 Å². The van der Waals surface area contributed by atoms with Gasteiger partial charge in [0.25, 0.3) is 0 Å². The third kappa shape index (κ3) is 4.00. The number of ether oxygens (including phenoxy) is 2. The molecule has 0 spiro atoms. The predicted molar refractivity (Wildman–Crippen MR) is 106 cm³/mol. The fourth-order valence-corrected chi connectivity index (χ4v) is 4.76. The molecule has 3 rings (SSSR count). The highest BCUT2D eigenvalue weighted by Crippen LogP contribution is 2.47. The van der Waals surface area contributed by atoms with E-state index in [1.807, 2.05) is 6.08 Å². The Morgan fingerprint density at radius 2 is 1.96 bits per heavy atom. The van der Waals surface area contributed by atoms with Gasteiger partial charge in [-0.15, -0.1) is 0 Å². The lowest BCUT2D eigenvalue weighted by molar-refractivity contribution is -0.0715. The van der Waals surface area contributed by atoms with Crippen molar-refractivity contribution in [1.82, 2.24) is 4.90 Å². The van der Waals surface area contributed by atoms with E-state index < -0.39 is 5.60 Å². The fraction of sp³-hybridized carbons (Fsp3) is 0.636. The second kappa shape index (κ2) is 8.21. The van der Waals surface area contributed by atoms with Crippen molar-refractivity contribution in [2.24, 2.45) is 11.8 Å². The largest absolute Gasteiger partial charge is 0.493 e. The smallest absolute Gasteiger partial charge is 0.161 e. The summed E-state index contributed by atoms with van der Waals surface area (Å²) in [5.41, 5.74) is 1.58. The first-order chi connectivity index (χ1) is 12.9. The number of nitrogens with zero attached hydrogens (tertiary/aromatic N) is 1. The highest BCUT2D eigenvalue weighted by Gasteiger charge is 2.46. The van der Waals surface area contributed by atoms with Gasteiger partial charge < -0.3 is 19.7 Å². The monoisotopic (exact) mass is 375 g/mol. The lowest BCUT2D eigenvalue weighted by Gasteiger charge is -2.51. The molecule has 1 aromatic carbocycles. The SMILES string of the molecule is COc1cc2c(cc1OC)C1C[C@](O)(/C=C/CO)C(CC(C)C)CN1CC2. The zero-order valence-corrected chi connectivity index (χ0v) is 16.9. The van der Waals surface area contributed by atoms with Crippen LogP contribution in [0.2, 0.25) is 0 Å². The molecular formula is C22H33NO4. The standard InChI is InChI=1S/C22H33NO4/c1-15(2)10-17-14-23-8-6-16-11-20(26-3)21(27-4)12-18(16)19(23)13-22(17,25)7-5-9-24/h5,7,11-12,15,17,19,24-25H,6,8-10,13-14H2,1-4H3/b7-5+/t17?,19?,22-/m1/s1. The van der Waals surface area contributed by atoms with E-state index in [0.717, 1.165) is 37.4 Å². The number of hydrogen-bond donors (Lipinski definition) is 2. The Morgan fingerprint density at radius 1 is 1.26 bits per heavy atom. The minimum absolute atomic E-state index is 0.0489. The van der Waals surface area contributed by atoms with Crippen LogP contribution in [-0.4, -0.2) is 54.6 Å². The number of aliphatic hydroxyl groups is 2. The molecule has 0 amide bonds. The molecule has 2 aliphatic heterocycles. The summed E-state index contributed by atoms with van der Waals surface area (Å²) in [6, 6.07) is 4.29. The number of rotatable bonds is 6. The van der Waals surface area contributed by atoms with Crippen molar-refractivity contribution in [3.63, 3.8) is 0 Å². The van der Waals surface area contributed by atoms with Gasteiger partial charge in [-0.3, -0.25) is 4.90 Å². The maximum absolute atomic E-state index is 11.5. The molecule has 0 aromatic heterocycles. The molecule has 1 saturated heterocycles. The molecule has 1 fully saturated rings. The third-order valence-corrected chi connectivity index (χ3v) is 6.06. The number of fused-ring (bicyclic) bond motifs is 3. The van der Waals surface area contributed by atoms with Crippen LogP contribution in [0.3, 0.4) is 0 Å². The number of piperidine rings is 1. The Morgan fingerprint density at radius 3 is 2.59 bits per heavy atom. The average Bonchev–Trinajstić information content (AvgIpc) is 2.65. The van der Waals surface area contributed by atoms with Crippen LogP contribution in [0, 0.1) is 11.8 Å². The van der Waals surface area contributed by atoms with E-state index in [1.165, 1.54) is 11.1 Å². The Labute approximate surface area is 162 Å². The first kappa shape index (κ1) is 20.2. The Balaban J connectivity index is 1.97. The van der Waals surface area contributed by atoms with E-state index in [1.54, 1.807) is 20.3 Å². The molecule has 2 aliphatic rings. The van der Waals surface area contributed by atoms with Gasteiger partial charge in [-0.1, -0.05) is 26.0 Å². The molecule has 0 aliphatic carbocycles. The van der Waals surface area contributed by atoms with Crippen molar-refractivity contribution in [3.05, 3.63) is 35.4 Å². The molecule has 0 radical (unpaired) electrons. The van der Waals surface area contributed by atoms with E-state index in [9.17, 15) is 10.2 Å². The Bertz CT molecular complexity index is 687. The molecule has 2 N–H and O–H groups in total. The number of methoxy groups -OCH3 is 2. The van der Waals surface area contributed by atoms with Gasteiger partial charge in [-0.2, -0.15) is 0 Å².